The number of hydrogen-bond acceptors (Lipinski definition) is 10. The van der Waals surface area contributed by atoms with Crippen LogP contribution in [0.5, 0.6) is 23.0 Å². The molecule has 0 N–H and O–H groups in total. The van der Waals surface area contributed by atoms with E-state index in [2.05, 4.69) is 221 Å². The molecule has 13 heteroatoms. The van der Waals surface area contributed by atoms with Crippen molar-refractivity contribution in [1.29, 1.82) is 0 Å². The Kier molecular flexibility index (Phi) is 22.1. The van der Waals surface area contributed by atoms with Gasteiger partial charge in [-0.1, -0.05) is 128 Å². The average Bonchev–Trinajstić information content (AvgIpc) is 4.43. The summed E-state index contributed by atoms with van der Waals surface area (Å²) in [4.78, 5) is 31.6. The zero-order chi connectivity index (χ0) is 55.8. The van der Waals surface area contributed by atoms with Gasteiger partial charge in [0.1, 0.15) is 49.4 Å². The number of benzene rings is 4. The van der Waals surface area contributed by atoms with Gasteiger partial charge in [0.2, 0.25) is 0 Å². The smallest absolute Gasteiger partial charge is 0.657 e. The van der Waals surface area contributed by atoms with Crippen LogP contribution in [0, 0.1) is 0 Å². The largest absolute Gasteiger partial charge is 2.00 e. The van der Waals surface area contributed by atoms with Crippen LogP contribution in [-0.4, -0.2) is 135 Å². The van der Waals surface area contributed by atoms with E-state index in [0.717, 1.165) is 191 Å². The molecule has 0 atom stereocenters. The molecule has 0 unspecified atom stereocenters. The van der Waals surface area contributed by atoms with E-state index in [1.54, 1.807) is 0 Å². The fraction of sp³-hybridized carbons (Fsp3) is 0.353. The maximum atomic E-state index is 6.29. The first-order chi connectivity index (χ1) is 39.3. The van der Waals surface area contributed by atoms with Crippen molar-refractivity contribution in [3.05, 3.63) is 144 Å². The van der Waals surface area contributed by atoms with E-state index >= 15 is 0 Å². The van der Waals surface area contributed by atoms with Gasteiger partial charge in [0.15, 0.2) is 0 Å². The average molecular weight is 1140 g/mol. The number of fused-ring (bicyclic) bond motifs is 8. The van der Waals surface area contributed by atoms with Crippen molar-refractivity contribution >= 4 is 46.4 Å². The Morgan fingerprint density at radius 3 is 0.679 bits per heavy atom. The molecule has 7 aromatic rings. The standard InChI is InChI=1S/C68H80N8O4.Zn/c1-9-73(10-2)41-45-77-53-25-17-49(18-26-53)65-57-33-35-59(69-57)66(50-19-27-54(28-20-50)78-46-42-74(11-3)12-4)61-37-39-63(71-61)68(52-23-31-56(32-24-52)80-48-44-76(15-7)16-8)64-40-38-62(72-64)67(60-36-34-58(65)70-60)51-21-29-55(30-22-51)79-47-43-75(13-5)14-6;/h17-40H,9-16,41-48H2,1-8H3;/q-2;+2. The van der Waals surface area contributed by atoms with E-state index in [0.29, 0.717) is 26.4 Å². The summed E-state index contributed by atoms with van der Waals surface area (Å²) in [5.41, 5.74) is 13.8. The van der Waals surface area contributed by atoms with Gasteiger partial charge >= 0.3 is 19.5 Å². The van der Waals surface area contributed by atoms with E-state index in [9.17, 15) is 0 Å². The Morgan fingerprint density at radius 1 is 0.296 bits per heavy atom. The minimum absolute atomic E-state index is 0. The second kappa shape index (κ2) is 29.7. The molecule has 3 aromatic heterocycles. The van der Waals surface area contributed by atoms with Crippen molar-refractivity contribution in [2.45, 2.75) is 55.4 Å². The predicted molar refractivity (Wildman–Crippen MR) is 332 cm³/mol. The zero-order valence-electron chi connectivity index (χ0n) is 49.1. The van der Waals surface area contributed by atoms with Gasteiger partial charge < -0.3 is 48.5 Å². The Labute approximate surface area is 493 Å². The molecule has 0 saturated carbocycles. The van der Waals surface area contributed by atoms with Crippen molar-refractivity contribution in [2.24, 2.45) is 0 Å². The minimum Gasteiger partial charge on any atom is -0.657 e. The zero-order valence-corrected chi connectivity index (χ0v) is 52.1. The molecule has 0 spiro atoms. The molecule has 2 aliphatic rings. The molecule has 2 aliphatic heterocycles. The van der Waals surface area contributed by atoms with Gasteiger partial charge in [0.05, 0.1) is 22.8 Å². The van der Waals surface area contributed by atoms with Gasteiger partial charge in [-0.05, 0) is 170 Å². The van der Waals surface area contributed by atoms with Crippen molar-refractivity contribution < 1.29 is 38.4 Å². The molecule has 9 rings (SSSR count). The van der Waals surface area contributed by atoms with Crippen molar-refractivity contribution in [2.75, 3.05) is 105 Å². The molecule has 0 radical (unpaired) electrons. The summed E-state index contributed by atoms with van der Waals surface area (Å²) in [5.74, 6) is 3.27. The first-order valence-corrected chi connectivity index (χ1v) is 29.1. The molecule has 0 aliphatic carbocycles. The number of hydrogen-bond donors (Lipinski definition) is 0. The number of aromatic nitrogens is 4. The third kappa shape index (κ3) is 15.0. The molecule has 12 nitrogen and oxygen atoms in total. The van der Waals surface area contributed by atoms with Gasteiger partial charge in [-0.15, -0.1) is 22.1 Å². The van der Waals surface area contributed by atoms with E-state index < -0.39 is 0 Å². The molecule has 81 heavy (non-hydrogen) atoms. The summed E-state index contributed by atoms with van der Waals surface area (Å²) >= 11 is 0. The summed E-state index contributed by atoms with van der Waals surface area (Å²) in [6.07, 6.45) is 8.43. The summed E-state index contributed by atoms with van der Waals surface area (Å²) in [5, 5.41) is 0. The molecule has 4 aromatic carbocycles. The van der Waals surface area contributed by atoms with Crippen LogP contribution in [0.4, 0.5) is 0 Å². The molecule has 5 heterocycles. The number of rotatable bonds is 28. The Balaban J connectivity index is 0.00000860. The van der Waals surface area contributed by atoms with E-state index in [-0.39, 0.29) is 19.5 Å². The van der Waals surface area contributed by atoms with Gasteiger partial charge in [-0.25, -0.2) is 9.97 Å². The number of likely N-dealkylation sites (N-methyl/N-ethyl adjacent to an activating group) is 4. The summed E-state index contributed by atoms with van der Waals surface area (Å²) in [6.45, 7) is 31.2. The first kappa shape index (κ1) is 60.2. The third-order valence-corrected chi connectivity index (χ3v) is 15.5. The van der Waals surface area contributed by atoms with Crippen LogP contribution in [0.3, 0.4) is 0 Å². The second-order valence-electron chi connectivity index (χ2n) is 20.0. The van der Waals surface area contributed by atoms with Crippen LogP contribution in [0.1, 0.15) is 78.2 Å². The summed E-state index contributed by atoms with van der Waals surface area (Å²) in [6, 6.07) is 41.8. The second-order valence-corrected chi connectivity index (χ2v) is 20.0. The third-order valence-electron chi connectivity index (χ3n) is 15.5. The number of nitrogens with zero attached hydrogens (tertiary/aromatic N) is 8. The fourth-order valence-corrected chi connectivity index (χ4v) is 10.5. The van der Waals surface area contributed by atoms with Crippen LogP contribution in [0.2, 0.25) is 0 Å². The molecule has 418 valence electrons. The maximum Gasteiger partial charge on any atom is 2.00 e. The van der Waals surface area contributed by atoms with Crippen LogP contribution in [0.15, 0.2) is 121 Å². The topological polar surface area (TPSA) is 104 Å². The van der Waals surface area contributed by atoms with Crippen molar-refractivity contribution in [3.63, 3.8) is 0 Å². The quantitative estimate of drug-likeness (QED) is 0.0436. The summed E-state index contributed by atoms with van der Waals surface area (Å²) < 4.78 is 25.2. The number of ether oxygens (including phenoxy) is 4. The molecular weight excluding hydrogens is 1060 g/mol. The van der Waals surface area contributed by atoms with Crippen molar-refractivity contribution in [3.8, 4) is 67.5 Å². The van der Waals surface area contributed by atoms with E-state index in [4.69, 9.17) is 38.9 Å². The fourth-order valence-electron chi connectivity index (χ4n) is 10.5. The minimum atomic E-state index is 0. The van der Waals surface area contributed by atoms with Gasteiger partial charge in [0.25, 0.3) is 0 Å². The van der Waals surface area contributed by atoms with Crippen LogP contribution >= 0.6 is 0 Å². The van der Waals surface area contributed by atoms with E-state index in [1.165, 1.54) is 0 Å². The molecule has 0 amide bonds. The van der Waals surface area contributed by atoms with Gasteiger partial charge in [0, 0.05) is 26.2 Å². The van der Waals surface area contributed by atoms with Gasteiger partial charge in [-0.3, -0.25) is 0 Å². The Hall–Kier alpha value is -6.86. The molecule has 0 saturated heterocycles. The molecular formula is C68H80N8O4Zn. The normalized spacial score (nSPS) is 12.0. The van der Waals surface area contributed by atoms with Gasteiger partial charge in [-0.2, -0.15) is 0 Å². The monoisotopic (exact) mass is 1140 g/mol. The SMILES string of the molecule is CCN(CC)CCOc1ccc(-c2c3nc(c(-c4ccc(OCCN(CC)CC)cc4)c4ccc([n-]4)c(-c4ccc(OCCN(CC)CC)cc4)c4nc(c(-c5ccc(OCCN(CC)CC)cc5)c5ccc2[n-]5)C=C4)C=C3)cc1.[Zn+2]. The van der Waals surface area contributed by atoms with Crippen LogP contribution in [-0.2, 0) is 19.5 Å². The van der Waals surface area contributed by atoms with Crippen LogP contribution in [0.25, 0.3) is 90.9 Å². The maximum absolute atomic E-state index is 6.29. The van der Waals surface area contributed by atoms with Crippen LogP contribution < -0.4 is 28.9 Å². The first-order valence-electron chi connectivity index (χ1n) is 29.1. The Bertz CT molecular complexity index is 2900. The molecule has 0 fully saturated rings. The molecule has 8 bridgehead atoms. The predicted octanol–water partition coefficient (Wildman–Crippen LogP) is 13.5. The Morgan fingerprint density at radius 2 is 0.494 bits per heavy atom. The van der Waals surface area contributed by atoms with E-state index in [1.807, 2.05) is 0 Å². The summed E-state index contributed by atoms with van der Waals surface area (Å²) in [7, 11) is 0. The van der Waals surface area contributed by atoms with Crippen molar-refractivity contribution in [1.82, 2.24) is 39.5 Å².